The Bertz CT molecular complexity index is 864. The predicted molar refractivity (Wildman–Crippen MR) is 107 cm³/mol. The van der Waals surface area contributed by atoms with E-state index in [-0.39, 0.29) is 0 Å². The van der Waals surface area contributed by atoms with E-state index < -0.39 is 0 Å². The van der Waals surface area contributed by atoms with Crippen molar-refractivity contribution in [1.29, 1.82) is 0 Å². The quantitative estimate of drug-likeness (QED) is 0.671. The zero-order chi connectivity index (χ0) is 17.8. The molecule has 4 rings (SSSR count). The Balaban J connectivity index is 1.39. The fourth-order valence-corrected chi connectivity index (χ4v) is 3.46. The number of nitrogens with one attached hydrogen (secondary N) is 2. The lowest BCUT2D eigenvalue weighted by molar-refractivity contribution is 0.122. The summed E-state index contributed by atoms with van der Waals surface area (Å²) in [6, 6.07) is 15.8. The van der Waals surface area contributed by atoms with Gasteiger partial charge in [0.05, 0.1) is 13.2 Å². The molecule has 1 aromatic heterocycles. The van der Waals surface area contributed by atoms with E-state index in [4.69, 9.17) is 16.3 Å². The van der Waals surface area contributed by atoms with E-state index in [9.17, 15) is 0 Å². The van der Waals surface area contributed by atoms with Gasteiger partial charge in [-0.15, -0.1) is 0 Å². The van der Waals surface area contributed by atoms with Crippen LogP contribution in [0.5, 0.6) is 0 Å². The second kappa shape index (κ2) is 7.90. The predicted octanol–water partition coefficient (Wildman–Crippen LogP) is 4.52. The van der Waals surface area contributed by atoms with Crippen LogP contribution < -0.4 is 15.5 Å². The lowest BCUT2D eigenvalue weighted by atomic mass is 10.2. The molecule has 0 spiro atoms. The maximum Gasteiger partial charge on any atom is 0.240 e. The number of aromatic nitrogens is 2. The van der Waals surface area contributed by atoms with Gasteiger partial charge in [0.15, 0.2) is 0 Å². The summed E-state index contributed by atoms with van der Waals surface area (Å²) in [5, 5.41) is 7.82. The lowest BCUT2D eigenvalue weighted by Crippen LogP contribution is -2.36. The minimum absolute atomic E-state index is 0.568. The summed E-state index contributed by atoms with van der Waals surface area (Å²) in [7, 11) is 0. The topological polar surface area (TPSA) is 62.3 Å². The van der Waals surface area contributed by atoms with Crippen LogP contribution in [0, 0.1) is 0 Å². The number of rotatable bonds is 5. The van der Waals surface area contributed by atoms with Crippen molar-refractivity contribution in [2.75, 3.05) is 41.8 Å². The Morgan fingerprint density at radius 1 is 1.00 bits per heavy atom. The first kappa shape index (κ1) is 17.1. The van der Waals surface area contributed by atoms with Crippen LogP contribution in [0.15, 0.2) is 48.5 Å². The fraction of sp³-hybridized carbons (Fsp3) is 0.222. The van der Waals surface area contributed by atoms with Crippen LogP contribution in [0.25, 0.3) is 0 Å². The summed E-state index contributed by atoms with van der Waals surface area (Å²) in [5.74, 6) is 0.568. The summed E-state index contributed by atoms with van der Waals surface area (Å²) in [6.07, 6.45) is 0. The molecule has 0 bridgehead atoms. The number of hydrogen-bond acceptors (Lipinski definition) is 7. The molecule has 0 saturated carbocycles. The van der Waals surface area contributed by atoms with Crippen molar-refractivity contribution in [2.24, 2.45) is 0 Å². The first-order valence-corrected chi connectivity index (χ1v) is 9.47. The van der Waals surface area contributed by atoms with Gasteiger partial charge in [0, 0.05) is 46.7 Å². The highest BCUT2D eigenvalue weighted by Crippen LogP contribution is 2.25. The lowest BCUT2D eigenvalue weighted by Gasteiger charge is -2.28. The SMILES string of the molecule is Clc1cccc(Nc2nc(Nc3ccc(N4CCOCC4)cc3)ns2)c1. The number of benzene rings is 2. The standard InChI is InChI=1S/C18H18ClN5OS/c19-13-2-1-3-15(12-13)21-18-22-17(23-26-18)20-14-4-6-16(7-5-14)24-8-10-25-11-9-24/h1-7,12H,8-11H2,(H2,20,21,22,23). The maximum absolute atomic E-state index is 6.00. The molecule has 0 aliphatic carbocycles. The van der Waals surface area contributed by atoms with E-state index >= 15 is 0 Å². The Labute approximate surface area is 160 Å². The van der Waals surface area contributed by atoms with Gasteiger partial charge in [-0.25, -0.2) is 0 Å². The molecule has 26 heavy (non-hydrogen) atoms. The highest BCUT2D eigenvalue weighted by Gasteiger charge is 2.11. The molecule has 2 N–H and O–H groups in total. The van der Waals surface area contributed by atoms with Gasteiger partial charge >= 0.3 is 0 Å². The van der Waals surface area contributed by atoms with Crippen LogP contribution in [-0.4, -0.2) is 35.7 Å². The van der Waals surface area contributed by atoms with E-state index in [0.717, 1.165) is 37.7 Å². The van der Waals surface area contributed by atoms with Gasteiger partial charge in [-0.1, -0.05) is 17.7 Å². The third kappa shape index (κ3) is 4.24. The molecule has 1 aliphatic rings. The zero-order valence-corrected chi connectivity index (χ0v) is 15.6. The van der Waals surface area contributed by atoms with Crippen LogP contribution >= 0.6 is 23.1 Å². The molecule has 0 radical (unpaired) electrons. The van der Waals surface area contributed by atoms with Crippen molar-refractivity contribution >= 4 is 51.3 Å². The number of anilines is 5. The van der Waals surface area contributed by atoms with E-state index in [2.05, 4.69) is 37.0 Å². The van der Waals surface area contributed by atoms with E-state index in [1.807, 2.05) is 36.4 Å². The molecule has 2 aromatic carbocycles. The molecule has 3 aromatic rings. The van der Waals surface area contributed by atoms with Gasteiger partial charge in [-0.3, -0.25) is 0 Å². The van der Waals surface area contributed by atoms with E-state index in [0.29, 0.717) is 16.1 Å². The van der Waals surface area contributed by atoms with Crippen molar-refractivity contribution < 1.29 is 4.74 Å². The molecule has 134 valence electrons. The largest absolute Gasteiger partial charge is 0.378 e. The van der Waals surface area contributed by atoms with Crippen LogP contribution in [0.1, 0.15) is 0 Å². The zero-order valence-electron chi connectivity index (χ0n) is 14.0. The summed E-state index contributed by atoms with van der Waals surface area (Å²) in [5.41, 5.74) is 3.04. The smallest absolute Gasteiger partial charge is 0.240 e. The average molecular weight is 388 g/mol. The molecule has 0 amide bonds. The molecular formula is C18H18ClN5OS. The number of hydrogen-bond donors (Lipinski definition) is 2. The third-order valence-corrected chi connectivity index (χ3v) is 4.87. The van der Waals surface area contributed by atoms with E-state index in [1.54, 1.807) is 0 Å². The Kier molecular flexibility index (Phi) is 5.19. The monoisotopic (exact) mass is 387 g/mol. The van der Waals surface area contributed by atoms with Crippen molar-refractivity contribution in [3.8, 4) is 0 Å². The van der Waals surface area contributed by atoms with Gasteiger partial charge in [-0.2, -0.15) is 9.36 Å². The van der Waals surface area contributed by atoms with Crippen LogP contribution in [0.4, 0.5) is 28.1 Å². The molecule has 1 saturated heterocycles. The molecule has 1 fully saturated rings. The van der Waals surface area contributed by atoms with Crippen molar-refractivity contribution in [3.63, 3.8) is 0 Å². The van der Waals surface area contributed by atoms with Crippen molar-refractivity contribution in [1.82, 2.24) is 9.36 Å². The van der Waals surface area contributed by atoms with Gasteiger partial charge in [0.25, 0.3) is 0 Å². The molecule has 0 atom stereocenters. The second-order valence-corrected chi connectivity index (χ2v) is 7.02. The highest BCUT2D eigenvalue weighted by atomic mass is 35.5. The first-order chi connectivity index (χ1) is 12.8. The minimum atomic E-state index is 0.568. The van der Waals surface area contributed by atoms with Crippen LogP contribution in [0.2, 0.25) is 5.02 Å². The highest BCUT2D eigenvalue weighted by molar-refractivity contribution is 7.10. The summed E-state index contributed by atoms with van der Waals surface area (Å²) < 4.78 is 9.73. The van der Waals surface area contributed by atoms with Crippen LogP contribution in [-0.2, 0) is 4.74 Å². The van der Waals surface area contributed by atoms with Gasteiger partial charge in [-0.05, 0) is 42.5 Å². The molecule has 1 aliphatic heterocycles. The Morgan fingerprint density at radius 2 is 1.81 bits per heavy atom. The van der Waals surface area contributed by atoms with Gasteiger partial charge < -0.3 is 20.3 Å². The van der Waals surface area contributed by atoms with Gasteiger partial charge in [0.1, 0.15) is 0 Å². The fourth-order valence-electron chi connectivity index (χ4n) is 2.72. The summed E-state index contributed by atoms with van der Waals surface area (Å²) >= 11 is 7.29. The minimum Gasteiger partial charge on any atom is -0.378 e. The normalized spacial score (nSPS) is 14.3. The molecule has 2 heterocycles. The number of nitrogens with zero attached hydrogens (tertiary/aromatic N) is 3. The summed E-state index contributed by atoms with van der Waals surface area (Å²) in [6.45, 7) is 3.42. The van der Waals surface area contributed by atoms with Crippen LogP contribution in [0.3, 0.4) is 0 Å². The second-order valence-electron chi connectivity index (χ2n) is 5.83. The maximum atomic E-state index is 6.00. The Hall–Kier alpha value is -2.35. The van der Waals surface area contributed by atoms with E-state index in [1.165, 1.54) is 17.2 Å². The third-order valence-electron chi connectivity index (χ3n) is 4.00. The molecule has 6 nitrogen and oxygen atoms in total. The number of ether oxygens (including phenoxy) is 1. The van der Waals surface area contributed by atoms with Crippen molar-refractivity contribution in [2.45, 2.75) is 0 Å². The van der Waals surface area contributed by atoms with Gasteiger partial charge in [0.2, 0.25) is 11.1 Å². The summed E-state index contributed by atoms with van der Waals surface area (Å²) in [4.78, 5) is 6.78. The number of halogens is 1. The average Bonchev–Trinajstić information content (AvgIpc) is 3.10. The molecule has 0 unspecified atom stereocenters. The molecular weight excluding hydrogens is 370 g/mol. The Morgan fingerprint density at radius 3 is 2.58 bits per heavy atom. The van der Waals surface area contributed by atoms with Crippen molar-refractivity contribution in [3.05, 3.63) is 53.6 Å². The first-order valence-electron chi connectivity index (χ1n) is 8.32. The molecule has 8 heteroatoms. The number of morpholine rings is 1.